The van der Waals surface area contributed by atoms with Crippen LogP contribution in [0.15, 0.2) is 56.3 Å². The Morgan fingerprint density at radius 3 is 2.48 bits per heavy atom. The van der Waals surface area contributed by atoms with Crippen LogP contribution < -0.4 is 5.56 Å². The van der Waals surface area contributed by atoms with E-state index in [9.17, 15) is 28.4 Å². The van der Waals surface area contributed by atoms with Crippen molar-refractivity contribution in [2.45, 2.75) is 11.8 Å². The van der Waals surface area contributed by atoms with Crippen molar-refractivity contribution in [3.8, 4) is 11.4 Å². The molecule has 0 fully saturated rings. The predicted octanol–water partition coefficient (Wildman–Crippen LogP) is 3.40. The van der Waals surface area contributed by atoms with Gasteiger partial charge in [-0.25, -0.2) is 4.68 Å². The second kappa shape index (κ2) is 9.00. The van der Waals surface area contributed by atoms with Crippen LogP contribution in [0.2, 0.25) is 5.02 Å². The largest absolute Gasteiger partial charge is 0.501 e. The van der Waals surface area contributed by atoms with Gasteiger partial charge in [0, 0.05) is 28.5 Å². The van der Waals surface area contributed by atoms with E-state index >= 15 is 0 Å². The Morgan fingerprint density at radius 2 is 1.90 bits per heavy atom. The molecule has 15 heteroatoms. The van der Waals surface area contributed by atoms with E-state index in [1.165, 1.54) is 13.0 Å². The first-order valence-corrected chi connectivity index (χ1v) is 9.79. The number of aryl methyl sites for hydroxylation is 1. The molecule has 0 saturated carbocycles. The predicted molar refractivity (Wildman–Crippen MR) is 105 cm³/mol. The first kappa shape index (κ1) is 24.3. The average Bonchev–Trinajstić information content (AvgIpc) is 2.93. The van der Waals surface area contributed by atoms with Crippen LogP contribution in [0.3, 0.4) is 0 Å². The SMILES string of the molecule is Cc1[nH]n(-c2cccc(Cl)c2)c(=O)c1N=Nc1cc(S(=O)(=O)O)cc([N+](=O)[O-])c1O.[Cr]. The summed E-state index contributed by atoms with van der Waals surface area (Å²) >= 11 is 5.92. The van der Waals surface area contributed by atoms with Crippen molar-refractivity contribution in [1.29, 1.82) is 0 Å². The molecule has 0 amide bonds. The zero-order valence-corrected chi connectivity index (χ0v) is 18.2. The number of nitrogens with zero attached hydrogens (tertiary/aromatic N) is 4. The van der Waals surface area contributed by atoms with E-state index < -0.39 is 42.6 Å². The Kier molecular flexibility index (Phi) is 7.04. The summed E-state index contributed by atoms with van der Waals surface area (Å²) in [6.45, 7) is 1.51. The number of H-pyrrole nitrogens is 1. The number of aromatic hydroxyl groups is 1. The summed E-state index contributed by atoms with van der Waals surface area (Å²) in [5, 5.41) is 31.5. The number of nitro groups is 1. The van der Waals surface area contributed by atoms with Crippen molar-refractivity contribution in [2.24, 2.45) is 10.2 Å². The van der Waals surface area contributed by atoms with Gasteiger partial charge in [0.1, 0.15) is 10.6 Å². The number of aromatic amines is 1. The minimum absolute atomic E-state index is 0. The summed E-state index contributed by atoms with van der Waals surface area (Å²) < 4.78 is 33.0. The van der Waals surface area contributed by atoms with Gasteiger partial charge in [0.2, 0.25) is 5.75 Å². The molecule has 3 N–H and O–H groups in total. The van der Waals surface area contributed by atoms with Crippen molar-refractivity contribution >= 4 is 38.8 Å². The molecule has 0 aliphatic heterocycles. The summed E-state index contributed by atoms with van der Waals surface area (Å²) in [5.74, 6) is -0.987. The fraction of sp³-hybridized carbons (Fsp3) is 0.0625. The van der Waals surface area contributed by atoms with Gasteiger partial charge in [0.25, 0.3) is 15.7 Å². The molecule has 0 bridgehead atoms. The molecule has 1 heterocycles. The fourth-order valence-corrected chi connectivity index (χ4v) is 3.21. The summed E-state index contributed by atoms with van der Waals surface area (Å²) in [6.07, 6.45) is 0. The molecular weight excluding hydrogens is 494 g/mol. The Hall–Kier alpha value is -3.02. The molecule has 0 unspecified atom stereocenters. The molecule has 3 rings (SSSR count). The van der Waals surface area contributed by atoms with Gasteiger partial charge < -0.3 is 5.11 Å². The summed E-state index contributed by atoms with van der Waals surface area (Å²) in [5.41, 5.74) is -1.81. The van der Waals surface area contributed by atoms with Crippen molar-refractivity contribution in [1.82, 2.24) is 9.78 Å². The number of aromatic nitrogens is 2. The Morgan fingerprint density at radius 1 is 1.23 bits per heavy atom. The van der Waals surface area contributed by atoms with E-state index in [1.807, 2.05) is 0 Å². The van der Waals surface area contributed by atoms with Crippen LogP contribution in [-0.4, -0.2) is 32.8 Å². The molecule has 31 heavy (non-hydrogen) atoms. The zero-order chi connectivity index (χ0) is 22.2. The van der Waals surface area contributed by atoms with E-state index in [-0.39, 0.29) is 28.7 Å². The van der Waals surface area contributed by atoms with E-state index in [2.05, 4.69) is 15.3 Å². The normalized spacial score (nSPS) is 11.5. The molecule has 3 aromatic rings. The molecule has 0 spiro atoms. The monoisotopic (exact) mass is 505 g/mol. The second-order valence-electron chi connectivity index (χ2n) is 5.95. The number of hydrogen-bond donors (Lipinski definition) is 3. The van der Waals surface area contributed by atoms with Crippen molar-refractivity contribution in [3.05, 3.63) is 67.6 Å². The van der Waals surface area contributed by atoms with Crippen molar-refractivity contribution < 1.29 is 40.4 Å². The summed E-state index contributed by atoms with van der Waals surface area (Å²) in [7, 11) is -4.84. The van der Waals surface area contributed by atoms with Crippen LogP contribution in [0.4, 0.5) is 17.1 Å². The van der Waals surface area contributed by atoms with Gasteiger partial charge in [-0.05, 0) is 31.2 Å². The fourth-order valence-electron chi connectivity index (χ4n) is 2.50. The zero-order valence-electron chi connectivity index (χ0n) is 15.4. The Balaban J connectivity index is 0.00000341. The number of halogens is 1. The molecule has 12 nitrogen and oxygen atoms in total. The van der Waals surface area contributed by atoms with Crippen LogP contribution in [0.5, 0.6) is 5.75 Å². The molecule has 0 saturated heterocycles. The van der Waals surface area contributed by atoms with Gasteiger partial charge in [-0.2, -0.15) is 8.42 Å². The first-order valence-electron chi connectivity index (χ1n) is 7.97. The molecular formula is C16H12ClCrN5O7S. The quantitative estimate of drug-likeness (QED) is 0.205. The van der Waals surface area contributed by atoms with Gasteiger partial charge >= 0.3 is 5.69 Å². The molecule has 2 aromatic carbocycles. The molecule has 0 aliphatic carbocycles. The molecule has 0 radical (unpaired) electrons. The van der Waals surface area contributed by atoms with Crippen LogP contribution in [0, 0.1) is 17.0 Å². The molecule has 0 atom stereocenters. The number of nitro benzene ring substituents is 1. The molecule has 0 aliphatic rings. The second-order valence-corrected chi connectivity index (χ2v) is 7.81. The number of rotatable bonds is 5. The first-order chi connectivity index (χ1) is 14.0. The topological polar surface area (TPSA) is 180 Å². The van der Waals surface area contributed by atoms with E-state index in [0.29, 0.717) is 22.8 Å². The van der Waals surface area contributed by atoms with Crippen LogP contribution in [0.25, 0.3) is 5.69 Å². The Labute approximate surface area is 189 Å². The summed E-state index contributed by atoms with van der Waals surface area (Å²) in [4.78, 5) is 21.8. The van der Waals surface area contributed by atoms with Crippen LogP contribution in [0.1, 0.15) is 5.69 Å². The maximum Gasteiger partial charge on any atom is 0.314 e. The Bertz CT molecular complexity index is 1370. The minimum Gasteiger partial charge on any atom is -0.501 e. The van der Waals surface area contributed by atoms with E-state index in [4.69, 9.17) is 16.2 Å². The number of phenols is 1. The molecule has 1 aromatic heterocycles. The molecule has 162 valence electrons. The third-order valence-corrected chi connectivity index (χ3v) is 4.97. The maximum atomic E-state index is 12.6. The smallest absolute Gasteiger partial charge is 0.314 e. The number of azo groups is 1. The van der Waals surface area contributed by atoms with Gasteiger partial charge in [-0.15, -0.1) is 10.2 Å². The number of benzene rings is 2. The van der Waals surface area contributed by atoms with Crippen LogP contribution >= 0.6 is 11.6 Å². The maximum absolute atomic E-state index is 12.6. The average molecular weight is 506 g/mol. The number of phenolic OH excluding ortho intramolecular Hbond substituents is 1. The van der Waals surface area contributed by atoms with Gasteiger partial charge in [0.15, 0.2) is 5.69 Å². The van der Waals surface area contributed by atoms with Crippen LogP contribution in [-0.2, 0) is 27.5 Å². The van der Waals surface area contributed by atoms with E-state index in [1.54, 1.807) is 18.2 Å². The summed E-state index contributed by atoms with van der Waals surface area (Å²) in [6, 6.07) is 7.51. The number of hydrogen-bond acceptors (Lipinski definition) is 8. The van der Waals surface area contributed by atoms with Gasteiger partial charge in [-0.1, -0.05) is 17.7 Å². The standard InChI is InChI=1S/C16H12ClN5O7S.Cr/c1-8-14(16(24)21(20-8)10-4-2-3-9(17)5-10)19-18-12-6-11(30(27,28)29)7-13(15(12)23)22(25)26;/h2-7,20,23H,1H3,(H,27,28,29);. The van der Waals surface area contributed by atoms with Crippen molar-refractivity contribution in [3.63, 3.8) is 0 Å². The number of nitrogens with one attached hydrogen (secondary N) is 1. The van der Waals surface area contributed by atoms with Gasteiger partial charge in [-0.3, -0.25) is 24.6 Å². The van der Waals surface area contributed by atoms with E-state index in [0.717, 1.165) is 4.68 Å². The minimum atomic E-state index is -4.84. The van der Waals surface area contributed by atoms with Gasteiger partial charge in [0.05, 0.1) is 16.3 Å². The van der Waals surface area contributed by atoms with Crippen molar-refractivity contribution in [2.75, 3.05) is 0 Å². The third kappa shape index (κ3) is 5.01. The third-order valence-electron chi connectivity index (χ3n) is 3.90.